The zero-order valence-electron chi connectivity index (χ0n) is 22.4. The van der Waals surface area contributed by atoms with Crippen molar-refractivity contribution in [1.29, 1.82) is 0 Å². The van der Waals surface area contributed by atoms with Gasteiger partial charge in [0.2, 0.25) is 0 Å². The number of rotatable bonds is 12. The summed E-state index contributed by atoms with van der Waals surface area (Å²) < 4.78 is 0. The minimum atomic E-state index is 0.106. The van der Waals surface area contributed by atoms with Crippen LogP contribution in [0.25, 0.3) is 0 Å². The predicted octanol–water partition coefficient (Wildman–Crippen LogP) is 9.70. The van der Waals surface area contributed by atoms with Gasteiger partial charge < -0.3 is 0 Å². The predicted molar refractivity (Wildman–Crippen MR) is 144 cm³/mol. The lowest BCUT2D eigenvalue weighted by Crippen LogP contribution is -2.09. The fourth-order valence-electron chi connectivity index (χ4n) is 3.41. The molecule has 0 saturated carbocycles. The van der Waals surface area contributed by atoms with Gasteiger partial charge >= 0.3 is 0 Å². The molecule has 1 rings (SSSR count). The number of allylic oxidation sites excluding steroid dienone is 3. The van der Waals surface area contributed by atoms with E-state index in [0.717, 1.165) is 18.8 Å². The fraction of sp³-hybridized carbons (Fsp3) is 0.724. The first-order chi connectivity index (χ1) is 15.0. The van der Waals surface area contributed by atoms with Gasteiger partial charge in [0.05, 0.1) is 6.04 Å². The highest BCUT2D eigenvalue weighted by Crippen LogP contribution is 2.23. The Morgan fingerprint density at radius 2 is 1.61 bits per heavy atom. The molecule has 1 unspecified atom stereocenters. The van der Waals surface area contributed by atoms with Crippen LogP contribution in [-0.2, 0) is 4.79 Å². The van der Waals surface area contributed by atoms with Crippen LogP contribution in [0.3, 0.4) is 0 Å². The van der Waals surface area contributed by atoms with Crippen LogP contribution in [0.15, 0.2) is 42.0 Å². The number of nitrogens with zero attached hydrogens (tertiary/aromatic N) is 1. The SMILES string of the molecule is C=C1C=CC(CCC(CCC)CCC)=NC(CCCC)C1.C=CC(=O)CC.CC.CC. The van der Waals surface area contributed by atoms with E-state index >= 15 is 0 Å². The largest absolute Gasteiger partial charge is 0.295 e. The van der Waals surface area contributed by atoms with Gasteiger partial charge in [-0.2, -0.15) is 0 Å². The monoisotopic (exact) mass is 433 g/mol. The molecule has 0 amide bonds. The molecule has 31 heavy (non-hydrogen) atoms. The maximum absolute atomic E-state index is 10.1. The first-order valence-corrected chi connectivity index (χ1v) is 13.1. The first kappa shape index (κ1) is 34.2. The highest BCUT2D eigenvalue weighted by Gasteiger charge is 2.13. The van der Waals surface area contributed by atoms with E-state index in [9.17, 15) is 4.79 Å². The molecular formula is C29H55NO. The van der Waals surface area contributed by atoms with Crippen molar-refractivity contribution in [3.05, 3.63) is 37.0 Å². The lowest BCUT2D eigenvalue weighted by Gasteiger charge is -2.16. The van der Waals surface area contributed by atoms with Crippen molar-refractivity contribution >= 4 is 11.5 Å². The summed E-state index contributed by atoms with van der Waals surface area (Å²) in [5.74, 6) is 0.992. The number of unbranched alkanes of at least 4 members (excludes halogenated alkanes) is 1. The van der Waals surface area contributed by atoms with E-state index in [4.69, 9.17) is 4.99 Å². The van der Waals surface area contributed by atoms with Crippen molar-refractivity contribution in [3.63, 3.8) is 0 Å². The number of aliphatic imine (C=N–C) groups is 1. The van der Waals surface area contributed by atoms with Crippen molar-refractivity contribution in [2.45, 2.75) is 132 Å². The average molecular weight is 434 g/mol. The molecule has 0 aromatic carbocycles. The Hall–Kier alpha value is -1.44. The van der Waals surface area contributed by atoms with Gasteiger partial charge in [0, 0.05) is 12.1 Å². The highest BCUT2D eigenvalue weighted by molar-refractivity contribution is 5.95. The number of carbonyl (C=O) groups excluding carboxylic acids is 1. The lowest BCUT2D eigenvalue weighted by atomic mass is 9.92. The molecule has 0 bridgehead atoms. The molecule has 1 heterocycles. The molecule has 182 valence electrons. The van der Waals surface area contributed by atoms with Crippen LogP contribution < -0.4 is 0 Å². The molecule has 1 aliphatic heterocycles. The zero-order valence-corrected chi connectivity index (χ0v) is 22.4. The van der Waals surface area contributed by atoms with E-state index in [1.807, 2.05) is 34.6 Å². The van der Waals surface area contributed by atoms with Gasteiger partial charge in [0.1, 0.15) is 0 Å². The van der Waals surface area contributed by atoms with Crippen molar-refractivity contribution in [2.75, 3.05) is 0 Å². The summed E-state index contributed by atoms with van der Waals surface area (Å²) in [5, 5.41) is 0. The van der Waals surface area contributed by atoms with Gasteiger partial charge in [-0.25, -0.2) is 0 Å². The smallest absolute Gasteiger partial charge is 0.154 e. The normalized spacial score (nSPS) is 14.7. The van der Waals surface area contributed by atoms with Crippen LogP contribution >= 0.6 is 0 Å². The summed E-state index contributed by atoms with van der Waals surface area (Å²) in [4.78, 5) is 15.1. The van der Waals surface area contributed by atoms with E-state index in [0.29, 0.717) is 12.5 Å². The Balaban J connectivity index is -0.000000663. The average Bonchev–Trinajstić information content (AvgIpc) is 2.99. The Bertz CT molecular complexity index is 481. The van der Waals surface area contributed by atoms with E-state index in [1.165, 1.54) is 68.7 Å². The standard InChI is InChI=1S/C20H35N.C5H8O.2C2H6/c1-5-8-11-20-16-17(4)12-14-19(21-20)15-13-18(9-6-2)10-7-3;1-3-5(6)4-2;2*1-2/h12,14,18,20H,4-11,13,15-16H2,1-3H3;3H,1,4H2,2H3;2*1-2H3. The maximum Gasteiger partial charge on any atom is 0.154 e. The third-order valence-electron chi connectivity index (χ3n) is 5.03. The lowest BCUT2D eigenvalue weighted by molar-refractivity contribution is -0.114. The van der Waals surface area contributed by atoms with Crippen molar-refractivity contribution < 1.29 is 4.79 Å². The van der Waals surface area contributed by atoms with Crippen molar-refractivity contribution in [2.24, 2.45) is 10.9 Å². The second kappa shape index (κ2) is 26.6. The molecule has 2 heteroatoms. The molecular weight excluding hydrogens is 378 g/mol. The quantitative estimate of drug-likeness (QED) is 0.281. The molecule has 0 saturated heterocycles. The summed E-state index contributed by atoms with van der Waals surface area (Å²) in [6, 6.07) is 0.471. The summed E-state index contributed by atoms with van der Waals surface area (Å²) in [6.07, 6.45) is 18.9. The molecule has 0 aliphatic carbocycles. The van der Waals surface area contributed by atoms with Crippen LogP contribution in [0.1, 0.15) is 126 Å². The number of hydrogen-bond acceptors (Lipinski definition) is 2. The third kappa shape index (κ3) is 21.6. The van der Waals surface area contributed by atoms with Crippen LogP contribution in [0.4, 0.5) is 0 Å². The van der Waals surface area contributed by atoms with Gasteiger partial charge in [0.15, 0.2) is 5.78 Å². The van der Waals surface area contributed by atoms with Gasteiger partial charge in [-0.05, 0) is 43.8 Å². The Morgan fingerprint density at radius 1 is 1.03 bits per heavy atom. The van der Waals surface area contributed by atoms with Crippen molar-refractivity contribution in [1.82, 2.24) is 0 Å². The van der Waals surface area contributed by atoms with Crippen LogP contribution in [-0.4, -0.2) is 17.5 Å². The van der Waals surface area contributed by atoms with E-state index < -0.39 is 0 Å². The molecule has 1 aliphatic rings. The molecule has 0 fully saturated rings. The summed E-state index contributed by atoms with van der Waals surface area (Å²) >= 11 is 0. The minimum Gasteiger partial charge on any atom is -0.295 e. The second-order valence-electron chi connectivity index (χ2n) is 7.62. The Kier molecular flexibility index (Phi) is 29.3. The van der Waals surface area contributed by atoms with Crippen LogP contribution in [0.5, 0.6) is 0 Å². The number of carbonyl (C=O) groups is 1. The highest BCUT2D eigenvalue weighted by atomic mass is 16.1. The molecule has 0 spiro atoms. The van der Waals surface area contributed by atoms with Crippen molar-refractivity contribution in [3.8, 4) is 0 Å². The Labute approximate surface area is 196 Å². The van der Waals surface area contributed by atoms with E-state index in [1.54, 1.807) is 0 Å². The molecule has 0 aromatic rings. The number of hydrogen-bond donors (Lipinski definition) is 0. The van der Waals surface area contributed by atoms with Gasteiger partial charge in [-0.3, -0.25) is 9.79 Å². The summed E-state index contributed by atoms with van der Waals surface area (Å²) in [5.41, 5.74) is 2.56. The van der Waals surface area contributed by atoms with Crippen LogP contribution in [0.2, 0.25) is 0 Å². The molecule has 0 aromatic heterocycles. The first-order valence-electron chi connectivity index (χ1n) is 13.1. The summed E-state index contributed by atoms with van der Waals surface area (Å²) in [7, 11) is 0. The Morgan fingerprint density at radius 3 is 2.03 bits per heavy atom. The zero-order chi connectivity index (χ0) is 24.5. The molecule has 1 atom stereocenters. The fourth-order valence-corrected chi connectivity index (χ4v) is 3.41. The van der Waals surface area contributed by atoms with Gasteiger partial charge in [-0.1, -0.05) is 119 Å². The van der Waals surface area contributed by atoms with Gasteiger partial charge in [-0.15, -0.1) is 0 Å². The third-order valence-corrected chi connectivity index (χ3v) is 5.03. The van der Waals surface area contributed by atoms with Gasteiger partial charge in [0.25, 0.3) is 0 Å². The second-order valence-corrected chi connectivity index (χ2v) is 7.62. The molecule has 0 radical (unpaired) electrons. The summed E-state index contributed by atoms with van der Waals surface area (Å²) in [6.45, 7) is 24.1. The molecule has 0 N–H and O–H groups in total. The minimum absolute atomic E-state index is 0.106. The van der Waals surface area contributed by atoms with E-state index in [2.05, 4.69) is 46.1 Å². The van der Waals surface area contributed by atoms with Crippen LogP contribution in [0, 0.1) is 5.92 Å². The van der Waals surface area contributed by atoms with E-state index in [-0.39, 0.29) is 5.78 Å². The maximum atomic E-state index is 10.1. The number of ketones is 1. The topological polar surface area (TPSA) is 29.4 Å². The molecule has 2 nitrogen and oxygen atoms in total.